The van der Waals surface area contributed by atoms with Crippen molar-refractivity contribution in [3.05, 3.63) is 10.4 Å². The third-order valence-electron chi connectivity index (χ3n) is 1.87. The van der Waals surface area contributed by atoms with Crippen LogP contribution in [0.15, 0.2) is 9.69 Å². The Balaban J connectivity index is 2.70. The number of H-pyrrole nitrogens is 1. The fourth-order valence-electron chi connectivity index (χ4n) is 1.09. The third kappa shape index (κ3) is 3.64. The topological polar surface area (TPSA) is 144 Å². The summed E-state index contributed by atoms with van der Waals surface area (Å²) in [5.41, 5.74) is 10.2. The molecule has 1 heterocycles. The zero-order valence-corrected chi connectivity index (χ0v) is 10.5. The summed E-state index contributed by atoms with van der Waals surface area (Å²) in [6.45, 7) is 1.89. The molecule has 0 aromatic carbocycles. The van der Waals surface area contributed by atoms with Crippen LogP contribution in [0.5, 0.6) is 5.88 Å². The minimum absolute atomic E-state index is 0.0380. The molecule has 9 heteroatoms. The number of nitrogens with one attached hydrogen (secondary N) is 1. The lowest BCUT2D eigenvalue weighted by Crippen LogP contribution is -2.34. The lowest BCUT2D eigenvalue weighted by Gasteiger charge is -2.10. The van der Waals surface area contributed by atoms with E-state index in [4.69, 9.17) is 16.2 Å². The number of aromatic amines is 1. The SMILES string of the molecule is CCOC(=O)[C@@H](N)CSc1c(O)nc(N)[nH]c1=O. The first-order valence-electron chi connectivity index (χ1n) is 5.09. The molecule has 8 nitrogen and oxygen atoms in total. The van der Waals surface area contributed by atoms with E-state index in [1.165, 1.54) is 0 Å². The number of carbonyl (C=O) groups is 1. The van der Waals surface area contributed by atoms with Crippen LogP contribution in [0.2, 0.25) is 0 Å². The molecule has 18 heavy (non-hydrogen) atoms. The van der Waals surface area contributed by atoms with Crippen LogP contribution >= 0.6 is 11.8 Å². The number of esters is 1. The van der Waals surface area contributed by atoms with Gasteiger partial charge in [0.1, 0.15) is 10.9 Å². The molecule has 0 aliphatic heterocycles. The molecule has 0 radical (unpaired) electrons. The molecule has 1 aromatic heterocycles. The van der Waals surface area contributed by atoms with Crippen LogP contribution in [0.3, 0.4) is 0 Å². The second kappa shape index (κ2) is 6.26. The molecule has 0 unspecified atom stereocenters. The second-order valence-corrected chi connectivity index (χ2v) is 4.30. The van der Waals surface area contributed by atoms with Crippen LogP contribution in [-0.4, -0.2) is 39.4 Å². The predicted molar refractivity (Wildman–Crippen MR) is 66.3 cm³/mol. The monoisotopic (exact) mass is 274 g/mol. The fraction of sp³-hybridized carbons (Fsp3) is 0.444. The van der Waals surface area contributed by atoms with Crippen molar-refractivity contribution >= 4 is 23.7 Å². The molecule has 6 N–H and O–H groups in total. The van der Waals surface area contributed by atoms with Gasteiger partial charge < -0.3 is 21.3 Å². The Labute approximate surface area is 107 Å². The molecule has 0 aliphatic rings. The zero-order valence-electron chi connectivity index (χ0n) is 9.67. The number of nitrogen functional groups attached to an aromatic ring is 1. The van der Waals surface area contributed by atoms with Crippen LogP contribution in [0.1, 0.15) is 6.92 Å². The highest BCUT2D eigenvalue weighted by atomic mass is 32.2. The Hall–Kier alpha value is -1.74. The number of aromatic hydroxyl groups is 1. The van der Waals surface area contributed by atoms with Crippen molar-refractivity contribution in [3.63, 3.8) is 0 Å². The second-order valence-electron chi connectivity index (χ2n) is 3.27. The van der Waals surface area contributed by atoms with Crippen molar-refractivity contribution in [2.75, 3.05) is 18.1 Å². The number of rotatable bonds is 5. The van der Waals surface area contributed by atoms with E-state index in [1.807, 2.05) is 0 Å². The van der Waals surface area contributed by atoms with Gasteiger partial charge in [0, 0.05) is 5.75 Å². The molecule has 0 saturated carbocycles. The quantitative estimate of drug-likeness (QED) is 0.397. The summed E-state index contributed by atoms with van der Waals surface area (Å²) >= 11 is 0.907. The molecule has 0 fully saturated rings. The first-order chi connectivity index (χ1) is 8.45. The Bertz CT molecular complexity index is 490. The molecule has 0 aliphatic carbocycles. The Morgan fingerprint density at radius 2 is 2.33 bits per heavy atom. The van der Waals surface area contributed by atoms with Gasteiger partial charge in [0.2, 0.25) is 11.8 Å². The van der Waals surface area contributed by atoms with E-state index in [0.717, 1.165) is 11.8 Å². The van der Waals surface area contributed by atoms with Gasteiger partial charge in [-0.05, 0) is 6.92 Å². The summed E-state index contributed by atoms with van der Waals surface area (Å²) in [5.74, 6) is -1.15. The van der Waals surface area contributed by atoms with E-state index >= 15 is 0 Å². The Morgan fingerprint density at radius 3 is 2.89 bits per heavy atom. The van der Waals surface area contributed by atoms with E-state index in [1.54, 1.807) is 6.92 Å². The smallest absolute Gasteiger partial charge is 0.323 e. The largest absolute Gasteiger partial charge is 0.492 e. The maximum absolute atomic E-state index is 11.5. The molecule has 0 spiro atoms. The predicted octanol–water partition coefficient (Wildman–Crippen LogP) is -0.960. The standard InChI is InChI=1S/C9H14N4O4S/c1-2-17-8(16)4(10)3-18-5-6(14)12-9(11)13-7(5)15/h4H,2-3,10H2,1H3,(H4,11,12,13,14,15)/t4-/m0/s1. The molecule has 1 aromatic rings. The zero-order chi connectivity index (χ0) is 13.7. The molecule has 1 rings (SSSR count). The third-order valence-corrected chi connectivity index (χ3v) is 3.06. The number of nitrogens with zero attached hydrogens (tertiary/aromatic N) is 1. The van der Waals surface area contributed by atoms with Crippen molar-refractivity contribution in [1.82, 2.24) is 9.97 Å². The van der Waals surface area contributed by atoms with Gasteiger partial charge in [0.15, 0.2) is 0 Å². The summed E-state index contributed by atoms with van der Waals surface area (Å²) < 4.78 is 4.71. The van der Waals surface area contributed by atoms with Gasteiger partial charge in [-0.15, -0.1) is 11.8 Å². The van der Waals surface area contributed by atoms with E-state index in [2.05, 4.69) is 9.97 Å². The lowest BCUT2D eigenvalue weighted by molar-refractivity contribution is -0.144. The van der Waals surface area contributed by atoms with Gasteiger partial charge in [-0.1, -0.05) is 0 Å². The van der Waals surface area contributed by atoms with E-state index in [0.29, 0.717) is 0 Å². The van der Waals surface area contributed by atoms with Crippen molar-refractivity contribution in [3.8, 4) is 5.88 Å². The summed E-state index contributed by atoms with van der Waals surface area (Å²) in [6.07, 6.45) is 0. The van der Waals surface area contributed by atoms with Crippen LogP contribution in [0.4, 0.5) is 5.95 Å². The highest BCUT2D eigenvalue weighted by Gasteiger charge is 2.18. The van der Waals surface area contributed by atoms with Gasteiger partial charge in [0.25, 0.3) is 5.56 Å². The molecular formula is C9H14N4O4S. The summed E-state index contributed by atoms with van der Waals surface area (Å²) in [6, 6.07) is -0.883. The van der Waals surface area contributed by atoms with Gasteiger partial charge in [0.05, 0.1) is 6.61 Å². The average Bonchev–Trinajstić information content (AvgIpc) is 2.27. The maximum atomic E-state index is 11.5. The number of hydrogen-bond donors (Lipinski definition) is 4. The minimum Gasteiger partial charge on any atom is -0.492 e. The van der Waals surface area contributed by atoms with Gasteiger partial charge in [-0.25, -0.2) is 0 Å². The Morgan fingerprint density at radius 1 is 1.67 bits per heavy atom. The van der Waals surface area contributed by atoms with Crippen LogP contribution in [0, 0.1) is 0 Å². The van der Waals surface area contributed by atoms with Crippen molar-refractivity contribution in [2.24, 2.45) is 5.73 Å². The van der Waals surface area contributed by atoms with Crippen LogP contribution in [0.25, 0.3) is 0 Å². The lowest BCUT2D eigenvalue weighted by atomic mass is 10.4. The number of ether oxygens (including phenoxy) is 1. The van der Waals surface area contributed by atoms with Crippen LogP contribution < -0.4 is 17.0 Å². The van der Waals surface area contributed by atoms with Crippen molar-refractivity contribution in [1.29, 1.82) is 0 Å². The maximum Gasteiger partial charge on any atom is 0.323 e. The number of hydrogen-bond acceptors (Lipinski definition) is 8. The van der Waals surface area contributed by atoms with E-state index in [9.17, 15) is 14.7 Å². The molecule has 0 bridgehead atoms. The number of carbonyl (C=O) groups excluding carboxylic acids is 1. The van der Waals surface area contributed by atoms with Crippen LogP contribution in [-0.2, 0) is 9.53 Å². The summed E-state index contributed by atoms with van der Waals surface area (Å²) in [7, 11) is 0. The van der Waals surface area contributed by atoms with Crippen molar-refractivity contribution < 1.29 is 14.6 Å². The van der Waals surface area contributed by atoms with Crippen molar-refractivity contribution in [2.45, 2.75) is 17.9 Å². The highest BCUT2D eigenvalue weighted by molar-refractivity contribution is 7.99. The normalized spacial score (nSPS) is 12.1. The van der Waals surface area contributed by atoms with E-state index in [-0.39, 0.29) is 23.2 Å². The molecule has 0 amide bonds. The molecule has 1 atom stereocenters. The number of aromatic nitrogens is 2. The van der Waals surface area contributed by atoms with Gasteiger partial charge in [-0.3, -0.25) is 14.6 Å². The van der Waals surface area contributed by atoms with Gasteiger partial charge in [-0.2, -0.15) is 4.98 Å². The molecule has 100 valence electrons. The highest BCUT2D eigenvalue weighted by Crippen LogP contribution is 2.22. The van der Waals surface area contributed by atoms with E-state index < -0.39 is 23.5 Å². The number of thioether (sulfide) groups is 1. The first kappa shape index (κ1) is 14.3. The number of nitrogens with two attached hydrogens (primary N) is 2. The first-order valence-corrected chi connectivity index (χ1v) is 6.08. The van der Waals surface area contributed by atoms with Gasteiger partial charge >= 0.3 is 5.97 Å². The average molecular weight is 274 g/mol. The Kier molecular flexibility index (Phi) is 4.98. The number of anilines is 1. The fourth-order valence-corrected chi connectivity index (χ4v) is 1.93. The molecule has 0 saturated heterocycles. The minimum atomic E-state index is -0.883. The molecular weight excluding hydrogens is 260 g/mol. The summed E-state index contributed by atoms with van der Waals surface area (Å²) in [5, 5.41) is 9.44. The summed E-state index contributed by atoms with van der Waals surface area (Å²) in [4.78, 5) is 28.4.